The van der Waals surface area contributed by atoms with E-state index in [1.54, 1.807) is 31.5 Å². The molecule has 0 aliphatic carbocycles. The molecule has 2 N–H and O–H groups in total. The monoisotopic (exact) mass is 298 g/mol. The van der Waals surface area contributed by atoms with Crippen LogP contribution in [0.5, 0.6) is 0 Å². The molecular formula is C11H14N4O2S2. The molecule has 0 atom stereocenters. The van der Waals surface area contributed by atoms with Gasteiger partial charge in [0.05, 0.1) is 5.69 Å². The lowest BCUT2D eigenvalue weighted by molar-refractivity contribution is 0.468. The minimum atomic E-state index is -3.56. The molecule has 2 aromatic rings. The molecule has 0 saturated carbocycles. The van der Waals surface area contributed by atoms with Gasteiger partial charge in [-0.1, -0.05) is 11.3 Å². The zero-order valence-electron chi connectivity index (χ0n) is 10.6. The van der Waals surface area contributed by atoms with Crippen molar-refractivity contribution >= 4 is 26.5 Å². The molecule has 0 bridgehead atoms. The Morgan fingerprint density at radius 1 is 1.37 bits per heavy atom. The summed E-state index contributed by atoms with van der Waals surface area (Å²) >= 11 is 0.985. The van der Waals surface area contributed by atoms with Crippen LogP contribution in [0.15, 0.2) is 28.7 Å². The summed E-state index contributed by atoms with van der Waals surface area (Å²) in [6.07, 6.45) is 3.26. The summed E-state index contributed by atoms with van der Waals surface area (Å²) in [6.45, 7) is 1.92. The highest BCUT2D eigenvalue weighted by molar-refractivity contribution is 7.91. The fraction of sp³-hybridized carbons (Fsp3) is 0.273. The highest BCUT2D eigenvalue weighted by atomic mass is 32.2. The van der Waals surface area contributed by atoms with Crippen LogP contribution in [-0.4, -0.2) is 29.7 Å². The van der Waals surface area contributed by atoms with Gasteiger partial charge in [-0.05, 0) is 24.6 Å². The smallest absolute Gasteiger partial charge is 0.254 e. The van der Waals surface area contributed by atoms with Gasteiger partial charge in [-0.3, -0.25) is 4.98 Å². The number of pyridine rings is 1. The number of nitrogen functional groups attached to an aromatic ring is 1. The standard InChI is InChI=1S/C11H14N4O2S2/c1-8-10(18-11(12)14-8)19(16,17)15(2)7-9-3-5-13-6-4-9/h3-6H,7H2,1-2H3,(H2,12,14). The normalized spacial score (nSPS) is 11.9. The van der Waals surface area contributed by atoms with Crippen LogP contribution in [0.2, 0.25) is 0 Å². The summed E-state index contributed by atoms with van der Waals surface area (Å²) in [7, 11) is -2.03. The molecule has 0 aliphatic rings. The highest BCUT2D eigenvalue weighted by Crippen LogP contribution is 2.27. The van der Waals surface area contributed by atoms with Crippen molar-refractivity contribution in [1.82, 2.24) is 14.3 Å². The van der Waals surface area contributed by atoms with E-state index in [4.69, 9.17) is 5.73 Å². The average molecular weight is 298 g/mol. The molecule has 0 spiro atoms. The van der Waals surface area contributed by atoms with E-state index in [0.29, 0.717) is 5.69 Å². The third-order valence-corrected chi connectivity index (χ3v) is 5.95. The van der Waals surface area contributed by atoms with Gasteiger partial charge in [-0.15, -0.1) is 0 Å². The van der Waals surface area contributed by atoms with E-state index in [1.165, 1.54) is 11.4 Å². The molecule has 2 heterocycles. The van der Waals surface area contributed by atoms with Gasteiger partial charge in [0, 0.05) is 26.0 Å². The van der Waals surface area contributed by atoms with Crippen molar-refractivity contribution in [2.75, 3.05) is 12.8 Å². The van der Waals surface area contributed by atoms with Gasteiger partial charge in [0.2, 0.25) is 0 Å². The number of nitrogens with two attached hydrogens (primary N) is 1. The molecule has 0 amide bonds. The summed E-state index contributed by atoms with van der Waals surface area (Å²) in [5, 5.41) is 0.258. The second-order valence-electron chi connectivity index (χ2n) is 4.04. The summed E-state index contributed by atoms with van der Waals surface area (Å²) in [4.78, 5) is 7.85. The molecule has 0 aliphatic heterocycles. The van der Waals surface area contributed by atoms with Crippen molar-refractivity contribution in [2.24, 2.45) is 0 Å². The minimum absolute atomic E-state index is 0.196. The molecule has 2 rings (SSSR count). The van der Waals surface area contributed by atoms with Crippen LogP contribution in [0.3, 0.4) is 0 Å². The first-order chi connectivity index (χ1) is 8.91. The maximum absolute atomic E-state index is 12.4. The summed E-state index contributed by atoms with van der Waals surface area (Å²) in [6, 6.07) is 3.56. The van der Waals surface area contributed by atoms with Crippen molar-refractivity contribution < 1.29 is 8.42 Å². The van der Waals surface area contributed by atoms with Gasteiger partial charge in [0.15, 0.2) is 9.34 Å². The lowest BCUT2D eigenvalue weighted by Gasteiger charge is -2.16. The Labute approximate surface area is 116 Å². The van der Waals surface area contributed by atoms with Gasteiger partial charge in [0.1, 0.15) is 0 Å². The van der Waals surface area contributed by atoms with Gasteiger partial charge in [0.25, 0.3) is 10.0 Å². The second-order valence-corrected chi connectivity index (χ2v) is 7.31. The van der Waals surface area contributed by atoms with E-state index < -0.39 is 10.0 Å². The number of sulfonamides is 1. The van der Waals surface area contributed by atoms with Crippen molar-refractivity contribution in [3.05, 3.63) is 35.8 Å². The first-order valence-electron chi connectivity index (χ1n) is 5.49. The van der Waals surface area contributed by atoms with E-state index >= 15 is 0 Å². The van der Waals surface area contributed by atoms with Crippen LogP contribution in [0, 0.1) is 6.92 Å². The Hall–Kier alpha value is -1.51. The maximum Gasteiger partial charge on any atom is 0.254 e. The van der Waals surface area contributed by atoms with Crippen molar-refractivity contribution in [3.63, 3.8) is 0 Å². The fourth-order valence-corrected chi connectivity index (χ4v) is 4.26. The van der Waals surface area contributed by atoms with E-state index in [2.05, 4.69) is 9.97 Å². The zero-order chi connectivity index (χ0) is 14.0. The van der Waals surface area contributed by atoms with Gasteiger partial charge in [-0.2, -0.15) is 4.31 Å². The molecule has 8 heteroatoms. The number of hydrogen-bond donors (Lipinski definition) is 1. The molecule has 0 aromatic carbocycles. The first-order valence-corrected chi connectivity index (χ1v) is 7.75. The summed E-state index contributed by atoms with van der Waals surface area (Å²) in [5.74, 6) is 0. The number of thiazole rings is 1. The van der Waals surface area contributed by atoms with Crippen LogP contribution in [-0.2, 0) is 16.6 Å². The largest absolute Gasteiger partial charge is 0.375 e. The lowest BCUT2D eigenvalue weighted by Crippen LogP contribution is -2.26. The Morgan fingerprint density at radius 2 is 2.00 bits per heavy atom. The number of nitrogens with zero attached hydrogens (tertiary/aromatic N) is 3. The van der Waals surface area contributed by atoms with Gasteiger partial charge < -0.3 is 5.73 Å². The predicted octanol–water partition coefficient (Wildman–Crippen LogP) is 1.25. The van der Waals surface area contributed by atoms with Crippen LogP contribution >= 0.6 is 11.3 Å². The van der Waals surface area contributed by atoms with Crippen molar-refractivity contribution in [1.29, 1.82) is 0 Å². The van der Waals surface area contributed by atoms with Gasteiger partial charge >= 0.3 is 0 Å². The molecule has 2 aromatic heterocycles. The fourth-order valence-electron chi connectivity index (χ4n) is 1.61. The Balaban J connectivity index is 2.27. The first kappa shape index (κ1) is 13.9. The number of aryl methyl sites for hydroxylation is 1. The maximum atomic E-state index is 12.4. The minimum Gasteiger partial charge on any atom is -0.375 e. The zero-order valence-corrected chi connectivity index (χ0v) is 12.2. The Kier molecular flexibility index (Phi) is 3.83. The van der Waals surface area contributed by atoms with Crippen molar-refractivity contribution in [3.8, 4) is 0 Å². The van der Waals surface area contributed by atoms with Crippen LogP contribution in [0.4, 0.5) is 5.13 Å². The molecule has 6 nitrogen and oxygen atoms in total. The molecule has 0 fully saturated rings. The van der Waals surface area contributed by atoms with Crippen LogP contribution in [0.25, 0.3) is 0 Å². The molecule has 0 radical (unpaired) electrons. The van der Waals surface area contributed by atoms with Crippen LogP contribution < -0.4 is 5.73 Å². The quantitative estimate of drug-likeness (QED) is 0.917. The molecule has 19 heavy (non-hydrogen) atoms. The SMILES string of the molecule is Cc1nc(N)sc1S(=O)(=O)N(C)Cc1ccncc1. The van der Waals surface area contributed by atoms with E-state index in [9.17, 15) is 8.42 Å². The second kappa shape index (κ2) is 5.24. The summed E-state index contributed by atoms with van der Waals surface area (Å²) < 4.78 is 26.3. The van der Waals surface area contributed by atoms with E-state index in [0.717, 1.165) is 16.9 Å². The van der Waals surface area contributed by atoms with Crippen LogP contribution in [0.1, 0.15) is 11.3 Å². The van der Waals surface area contributed by atoms with E-state index in [-0.39, 0.29) is 15.9 Å². The number of hydrogen-bond acceptors (Lipinski definition) is 6. The number of aromatic nitrogens is 2. The lowest BCUT2D eigenvalue weighted by atomic mass is 10.3. The summed E-state index contributed by atoms with van der Waals surface area (Å²) in [5.41, 5.74) is 6.85. The van der Waals surface area contributed by atoms with Gasteiger partial charge in [-0.25, -0.2) is 13.4 Å². The predicted molar refractivity (Wildman–Crippen MR) is 74.2 cm³/mol. The van der Waals surface area contributed by atoms with E-state index in [1.807, 2.05) is 0 Å². The molecule has 0 saturated heterocycles. The number of anilines is 1. The third-order valence-electron chi connectivity index (χ3n) is 2.57. The average Bonchev–Trinajstić information content (AvgIpc) is 2.70. The molecule has 102 valence electrons. The highest BCUT2D eigenvalue weighted by Gasteiger charge is 2.26. The third kappa shape index (κ3) is 2.91. The van der Waals surface area contributed by atoms with Crippen molar-refractivity contribution in [2.45, 2.75) is 17.7 Å². The number of rotatable bonds is 4. The Bertz CT molecular complexity index is 667. The molecule has 0 unspecified atom stereocenters. The topological polar surface area (TPSA) is 89.2 Å². The molecular weight excluding hydrogens is 284 g/mol. The Morgan fingerprint density at radius 3 is 2.53 bits per heavy atom.